The smallest absolute Gasteiger partial charge is 0.239 e. The Hall–Kier alpha value is -2.76. The van der Waals surface area contributed by atoms with Gasteiger partial charge in [-0.15, -0.1) is 0 Å². The van der Waals surface area contributed by atoms with Crippen LogP contribution in [0.15, 0.2) is 60.7 Å². The van der Waals surface area contributed by atoms with Gasteiger partial charge in [0.1, 0.15) is 11.8 Å². The van der Waals surface area contributed by atoms with E-state index < -0.39 is 34.1 Å². The fourth-order valence-electron chi connectivity index (χ4n) is 5.69. The van der Waals surface area contributed by atoms with Gasteiger partial charge >= 0.3 is 0 Å². The van der Waals surface area contributed by atoms with Gasteiger partial charge in [0, 0.05) is 20.0 Å². The van der Waals surface area contributed by atoms with E-state index in [4.69, 9.17) is 9.47 Å². The maximum Gasteiger partial charge on any atom is 0.239 e. The number of ether oxygens (including phenoxy) is 2. The highest BCUT2D eigenvalue weighted by molar-refractivity contribution is 7.89. The molecule has 230 valence electrons. The molecule has 0 saturated carbocycles. The van der Waals surface area contributed by atoms with Crippen LogP contribution < -0.4 is 15.4 Å². The Morgan fingerprint density at radius 3 is 2.64 bits per heavy atom. The highest BCUT2D eigenvalue weighted by Crippen LogP contribution is 2.36. The van der Waals surface area contributed by atoms with Crippen LogP contribution in [0.3, 0.4) is 0 Å². The SMILES string of the molecule is CCCCCS(=O)(=O)N(C)[C@H]1C/C=C/CO[C@@H]2Cc3ccc(OC)cc3[C@H]2NC[C@@H](O)[C@H](Cc2ccccc2)NC1=O. The van der Waals surface area contributed by atoms with Gasteiger partial charge in [0.15, 0.2) is 0 Å². The molecule has 0 fully saturated rings. The summed E-state index contributed by atoms with van der Waals surface area (Å²) in [4.78, 5) is 13.7. The number of nitrogens with zero attached hydrogens (tertiary/aromatic N) is 1. The summed E-state index contributed by atoms with van der Waals surface area (Å²) in [5.74, 6) is 0.306. The molecule has 2 aliphatic rings. The van der Waals surface area contributed by atoms with Crippen molar-refractivity contribution in [3.63, 3.8) is 0 Å². The van der Waals surface area contributed by atoms with E-state index >= 15 is 0 Å². The third-order valence-electron chi connectivity index (χ3n) is 8.24. The lowest BCUT2D eigenvalue weighted by molar-refractivity contribution is -0.126. The molecule has 5 atom stereocenters. The van der Waals surface area contributed by atoms with Gasteiger partial charge in [0.2, 0.25) is 15.9 Å². The number of likely N-dealkylation sites (N-methyl/N-ethyl adjacent to an activating group) is 1. The fourth-order valence-corrected chi connectivity index (χ4v) is 7.12. The molecular formula is C32H45N3O6S. The van der Waals surface area contributed by atoms with Crippen LogP contribution in [0.25, 0.3) is 0 Å². The van der Waals surface area contributed by atoms with E-state index in [1.165, 1.54) is 11.4 Å². The molecule has 10 heteroatoms. The minimum absolute atomic E-state index is 0.0116. The van der Waals surface area contributed by atoms with Crippen molar-refractivity contribution in [3.05, 3.63) is 77.4 Å². The van der Waals surface area contributed by atoms with E-state index in [9.17, 15) is 18.3 Å². The van der Waals surface area contributed by atoms with Gasteiger partial charge in [-0.3, -0.25) is 4.79 Å². The predicted octanol–water partition coefficient (Wildman–Crippen LogP) is 3.14. The van der Waals surface area contributed by atoms with Gasteiger partial charge in [-0.2, -0.15) is 4.31 Å². The van der Waals surface area contributed by atoms with Crippen LogP contribution >= 0.6 is 0 Å². The largest absolute Gasteiger partial charge is 0.497 e. The van der Waals surface area contributed by atoms with E-state index in [0.29, 0.717) is 25.9 Å². The molecule has 0 spiro atoms. The summed E-state index contributed by atoms with van der Waals surface area (Å²) in [5.41, 5.74) is 3.18. The van der Waals surface area contributed by atoms with E-state index in [2.05, 4.69) is 10.6 Å². The number of sulfonamides is 1. The number of methoxy groups -OCH3 is 1. The number of amides is 1. The van der Waals surface area contributed by atoms with Crippen LogP contribution in [0.5, 0.6) is 5.75 Å². The number of fused-ring (bicyclic) bond motifs is 3. The molecule has 1 aliphatic heterocycles. The molecule has 0 unspecified atom stereocenters. The van der Waals surface area contributed by atoms with Crippen molar-refractivity contribution in [3.8, 4) is 5.75 Å². The zero-order valence-electron chi connectivity index (χ0n) is 24.9. The summed E-state index contributed by atoms with van der Waals surface area (Å²) in [6, 6.07) is 13.9. The van der Waals surface area contributed by atoms with Gasteiger partial charge in [0.25, 0.3) is 0 Å². The number of nitrogens with one attached hydrogen (secondary N) is 2. The lowest BCUT2D eigenvalue weighted by atomic mass is 9.99. The summed E-state index contributed by atoms with van der Waals surface area (Å²) in [6.45, 7) is 2.53. The number of rotatable bonds is 9. The van der Waals surface area contributed by atoms with Crippen molar-refractivity contribution >= 4 is 15.9 Å². The molecule has 0 aromatic heterocycles. The fraction of sp³-hybridized carbons (Fsp3) is 0.531. The number of aliphatic hydroxyl groups is 1. The summed E-state index contributed by atoms with van der Waals surface area (Å²) < 4.78 is 39.3. The molecule has 2 aromatic carbocycles. The van der Waals surface area contributed by atoms with Gasteiger partial charge in [-0.05, 0) is 48.1 Å². The van der Waals surface area contributed by atoms with Gasteiger partial charge < -0.3 is 25.2 Å². The second-order valence-electron chi connectivity index (χ2n) is 11.2. The van der Waals surface area contributed by atoms with E-state index in [1.807, 2.05) is 67.6 Å². The Morgan fingerprint density at radius 1 is 1.12 bits per heavy atom. The Kier molecular flexibility index (Phi) is 11.6. The Labute approximate surface area is 250 Å². The molecule has 9 nitrogen and oxygen atoms in total. The van der Waals surface area contributed by atoms with Crippen LogP contribution in [-0.4, -0.2) is 81.1 Å². The van der Waals surface area contributed by atoms with Crippen LogP contribution in [-0.2, 0) is 32.4 Å². The van der Waals surface area contributed by atoms with Crippen molar-refractivity contribution in [1.29, 1.82) is 0 Å². The topological polar surface area (TPSA) is 117 Å². The number of hydrogen-bond acceptors (Lipinski definition) is 7. The first kappa shape index (κ1) is 32.2. The molecule has 4 rings (SSSR count). The van der Waals surface area contributed by atoms with Crippen molar-refractivity contribution in [1.82, 2.24) is 14.9 Å². The van der Waals surface area contributed by atoms with Crippen LogP contribution in [0.1, 0.15) is 55.3 Å². The zero-order valence-corrected chi connectivity index (χ0v) is 25.7. The molecule has 0 saturated heterocycles. The quantitative estimate of drug-likeness (QED) is 0.300. The maximum atomic E-state index is 13.7. The Balaban J connectivity index is 1.62. The molecule has 0 bridgehead atoms. The predicted molar refractivity (Wildman–Crippen MR) is 164 cm³/mol. The number of β-amino-alcohol motifs (C(OH)–C–C–N with tert-alkyl or cyclic N) is 1. The third kappa shape index (κ3) is 8.20. The van der Waals surface area contributed by atoms with Crippen LogP contribution in [0.4, 0.5) is 0 Å². The molecule has 3 N–H and O–H groups in total. The first-order valence-electron chi connectivity index (χ1n) is 14.9. The van der Waals surface area contributed by atoms with Gasteiger partial charge in [0.05, 0.1) is 43.8 Å². The standard InChI is InChI=1S/C32H45N3O6S/c1-4-5-11-18-42(38,39)35(2)28-14-9-10-17-41-30-20-24-15-16-25(40-3)21-26(24)31(30)33-22-29(36)27(34-32(28)37)19-23-12-7-6-8-13-23/h6-10,12-13,15-16,21,27-31,33,36H,4-5,11,14,17-20,22H2,1-3H3,(H,34,37)/b10-9+/t27-,28-,29+,30+,31+/m0/s1. The van der Waals surface area contributed by atoms with Crippen molar-refractivity contribution in [2.45, 2.75) is 75.8 Å². The van der Waals surface area contributed by atoms with Gasteiger partial charge in [-0.25, -0.2) is 8.42 Å². The summed E-state index contributed by atoms with van der Waals surface area (Å²) in [6.07, 6.45) is 6.09. The number of unbranched alkanes of at least 4 members (excludes halogenated alkanes) is 2. The number of carbonyl (C=O) groups excluding carboxylic acids is 1. The van der Waals surface area contributed by atoms with Crippen LogP contribution in [0, 0.1) is 0 Å². The maximum absolute atomic E-state index is 13.7. The zero-order chi connectivity index (χ0) is 30.1. The average molecular weight is 600 g/mol. The average Bonchev–Trinajstić information content (AvgIpc) is 3.33. The normalized spacial score (nSPS) is 26.1. The number of hydrogen-bond donors (Lipinski definition) is 3. The third-order valence-corrected chi connectivity index (χ3v) is 10.2. The number of aliphatic hydroxyl groups excluding tert-OH is 1. The van der Waals surface area contributed by atoms with Crippen molar-refractivity contribution < 1.29 is 27.8 Å². The molecule has 0 radical (unpaired) electrons. The highest BCUT2D eigenvalue weighted by atomic mass is 32.2. The summed E-state index contributed by atoms with van der Waals surface area (Å²) in [5, 5.41) is 18.0. The molecule has 42 heavy (non-hydrogen) atoms. The lowest BCUT2D eigenvalue weighted by Crippen LogP contribution is -2.55. The minimum atomic E-state index is -3.66. The molecule has 2 aromatic rings. The Bertz CT molecular complexity index is 1300. The van der Waals surface area contributed by atoms with E-state index in [0.717, 1.165) is 35.3 Å². The molecule has 1 amide bonds. The molecule has 1 aliphatic carbocycles. The van der Waals surface area contributed by atoms with Crippen molar-refractivity contribution in [2.75, 3.05) is 33.1 Å². The van der Waals surface area contributed by atoms with E-state index in [1.54, 1.807) is 7.11 Å². The highest BCUT2D eigenvalue weighted by Gasteiger charge is 2.36. The lowest BCUT2D eigenvalue weighted by Gasteiger charge is -2.31. The summed E-state index contributed by atoms with van der Waals surface area (Å²) >= 11 is 0. The second kappa shape index (κ2) is 15.1. The van der Waals surface area contributed by atoms with Crippen LogP contribution in [0.2, 0.25) is 0 Å². The van der Waals surface area contributed by atoms with Crippen molar-refractivity contribution in [2.24, 2.45) is 0 Å². The summed E-state index contributed by atoms with van der Waals surface area (Å²) in [7, 11) is -0.552. The van der Waals surface area contributed by atoms with E-state index in [-0.39, 0.29) is 30.9 Å². The second-order valence-corrected chi connectivity index (χ2v) is 13.3. The molecule has 1 heterocycles. The first-order chi connectivity index (χ1) is 20.2. The molecular weight excluding hydrogens is 554 g/mol. The monoisotopic (exact) mass is 599 g/mol. The number of carbonyl (C=O) groups is 1. The minimum Gasteiger partial charge on any atom is -0.497 e. The Morgan fingerprint density at radius 2 is 1.90 bits per heavy atom. The number of benzene rings is 2. The first-order valence-corrected chi connectivity index (χ1v) is 16.5. The van der Waals surface area contributed by atoms with Gasteiger partial charge in [-0.1, -0.05) is 68.3 Å².